The number of furan rings is 1. The number of methoxy groups -OCH3 is 1. The Kier molecular flexibility index (Phi) is 5.11. The fourth-order valence-corrected chi connectivity index (χ4v) is 3.57. The number of halogens is 1. The van der Waals surface area contributed by atoms with Crippen molar-refractivity contribution < 1.29 is 19.1 Å². The highest BCUT2D eigenvalue weighted by Gasteiger charge is 2.37. The molecule has 2 unspecified atom stereocenters. The van der Waals surface area contributed by atoms with Crippen molar-refractivity contribution in [3.05, 3.63) is 52.9 Å². The molecule has 1 aliphatic rings. The van der Waals surface area contributed by atoms with E-state index < -0.39 is 12.0 Å². The lowest BCUT2D eigenvalue weighted by molar-refractivity contribution is -0.145. The molecule has 1 aromatic heterocycles. The molecule has 6 heteroatoms. The molecule has 0 aliphatic carbocycles. The second-order valence-electron chi connectivity index (χ2n) is 5.89. The third-order valence-corrected chi connectivity index (χ3v) is 4.70. The van der Waals surface area contributed by atoms with E-state index in [2.05, 4.69) is 0 Å². The molecule has 1 fully saturated rings. The molecule has 1 aliphatic heterocycles. The van der Waals surface area contributed by atoms with E-state index in [9.17, 15) is 9.90 Å². The lowest BCUT2D eigenvalue weighted by atomic mass is 9.94. The van der Waals surface area contributed by atoms with Crippen molar-refractivity contribution in [1.82, 2.24) is 4.90 Å². The number of ether oxygens (including phenoxy) is 1. The Balaban J connectivity index is 2.11. The second kappa shape index (κ2) is 7.28. The highest BCUT2D eigenvalue weighted by atomic mass is 35.5. The second-order valence-corrected chi connectivity index (χ2v) is 6.33. The zero-order valence-electron chi connectivity index (χ0n) is 13.4. The summed E-state index contributed by atoms with van der Waals surface area (Å²) in [6.07, 6.45) is 4.07. The van der Waals surface area contributed by atoms with Gasteiger partial charge in [0.2, 0.25) is 0 Å². The van der Waals surface area contributed by atoms with Gasteiger partial charge in [-0.05, 0) is 43.2 Å². The first kappa shape index (κ1) is 16.9. The zero-order valence-corrected chi connectivity index (χ0v) is 14.2. The SMILES string of the molecule is COc1ccc(Cl)cc1C(c1ccco1)N1CCCCC1C(=O)O. The molecular formula is C18H20ClNO4. The van der Waals surface area contributed by atoms with Crippen molar-refractivity contribution in [2.75, 3.05) is 13.7 Å². The van der Waals surface area contributed by atoms with Gasteiger partial charge in [-0.2, -0.15) is 0 Å². The van der Waals surface area contributed by atoms with Crippen LogP contribution in [0.1, 0.15) is 36.6 Å². The van der Waals surface area contributed by atoms with E-state index in [1.807, 2.05) is 17.0 Å². The molecule has 2 aromatic rings. The summed E-state index contributed by atoms with van der Waals surface area (Å²) in [6, 6.07) is 8.13. The summed E-state index contributed by atoms with van der Waals surface area (Å²) in [5.41, 5.74) is 0.813. The number of carboxylic acid groups (broad SMARTS) is 1. The third-order valence-electron chi connectivity index (χ3n) is 4.46. The molecule has 1 aromatic carbocycles. The number of hydrogen-bond acceptors (Lipinski definition) is 4. The number of nitrogens with zero attached hydrogens (tertiary/aromatic N) is 1. The number of aliphatic carboxylic acids is 1. The highest BCUT2D eigenvalue weighted by Crippen LogP contribution is 2.39. The Hall–Kier alpha value is -1.98. The van der Waals surface area contributed by atoms with E-state index in [0.29, 0.717) is 29.5 Å². The smallest absolute Gasteiger partial charge is 0.320 e. The standard InChI is InChI=1S/C18H20ClNO4/c1-23-15-8-7-12(19)11-13(15)17(16-6-4-10-24-16)20-9-3-2-5-14(20)18(21)22/h4,6-8,10-11,14,17H,2-3,5,9H2,1H3,(H,21,22). The minimum atomic E-state index is -0.813. The molecule has 24 heavy (non-hydrogen) atoms. The van der Waals surface area contributed by atoms with E-state index >= 15 is 0 Å². The number of benzene rings is 1. The van der Waals surface area contributed by atoms with Crippen LogP contribution < -0.4 is 4.74 Å². The van der Waals surface area contributed by atoms with Crippen LogP contribution in [0.25, 0.3) is 0 Å². The van der Waals surface area contributed by atoms with Crippen LogP contribution in [0.2, 0.25) is 5.02 Å². The summed E-state index contributed by atoms with van der Waals surface area (Å²) in [7, 11) is 1.59. The molecule has 0 spiro atoms. The Morgan fingerprint density at radius 2 is 2.25 bits per heavy atom. The van der Waals surface area contributed by atoms with E-state index in [1.54, 1.807) is 31.6 Å². The number of hydrogen-bond donors (Lipinski definition) is 1. The van der Waals surface area contributed by atoms with Gasteiger partial charge < -0.3 is 14.3 Å². The van der Waals surface area contributed by atoms with Gasteiger partial charge in [0.15, 0.2) is 0 Å². The lowest BCUT2D eigenvalue weighted by Gasteiger charge is -2.38. The van der Waals surface area contributed by atoms with Crippen LogP contribution in [-0.2, 0) is 4.79 Å². The van der Waals surface area contributed by atoms with Crippen LogP contribution in [-0.4, -0.2) is 35.7 Å². The quantitative estimate of drug-likeness (QED) is 0.884. The third kappa shape index (κ3) is 3.28. The Morgan fingerprint density at radius 3 is 2.92 bits per heavy atom. The van der Waals surface area contributed by atoms with Gasteiger partial charge in [-0.3, -0.25) is 9.69 Å². The van der Waals surface area contributed by atoms with Crippen molar-refractivity contribution in [3.8, 4) is 5.75 Å². The van der Waals surface area contributed by atoms with Gasteiger partial charge in [0.1, 0.15) is 17.6 Å². The van der Waals surface area contributed by atoms with Crippen molar-refractivity contribution in [2.45, 2.75) is 31.3 Å². The topological polar surface area (TPSA) is 62.9 Å². The maximum atomic E-state index is 11.8. The van der Waals surface area contributed by atoms with Crippen molar-refractivity contribution in [3.63, 3.8) is 0 Å². The van der Waals surface area contributed by atoms with Crippen LogP contribution in [0.5, 0.6) is 5.75 Å². The summed E-state index contributed by atoms with van der Waals surface area (Å²) >= 11 is 6.20. The molecule has 0 saturated carbocycles. The van der Waals surface area contributed by atoms with Gasteiger partial charge in [0.25, 0.3) is 0 Å². The predicted octanol–water partition coefficient (Wildman–Crippen LogP) is 3.97. The molecule has 0 radical (unpaired) electrons. The Bertz CT molecular complexity index is 701. The van der Waals surface area contributed by atoms with Gasteiger partial charge in [0.05, 0.1) is 19.4 Å². The number of piperidine rings is 1. The van der Waals surface area contributed by atoms with Crippen LogP contribution in [0.15, 0.2) is 41.0 Å². The predicted molar refractivity (Wildman–Crippen MR) is 90.5 cm³/mol. The molecule has 2 heterocycles. The molecule has 5 nitrogen and oxygen atoms in total. The normalized spacial score (nSPS) is 19.8. The molecular weight excluding hydrogens is 330 g/mol. The van der Waals surface area contributed by atoms with E-state index in [1.165, 1.54) is 0 Å². The average molecular weight is 350 g/mol. The number of likely N-dealkylation sites (tertiary alicyclic amines) is 1. The zero-order chi connectivity index (χ0) is 17.1. The maximum Gasteiger partial charge on any atom is 0.320 e. The van der Waals surface area contributed by atoms with E-state index in [-0.39, 0.29) is 6.04 Å². The average Bonchev–Trinajstić information content (AvgIpc) is 3.10. The first-order valence-corrected chi connectivity index (χ1v) is 8.35. The van der Waals surface area contributed by atoms with Crippen molar-refractivity contribution >= 4 is 17.6 Å². The summed E-state index contributed by atoms with van der Waals surface area (Å²) in [5, 5.41) is 10.2. The minimum absolute atomic E-state index is 0.352. The van der Waals surface area contributed by atoms with Crippen LogP contribution >= 0.6 is 11.6 Å². The van der Waals surface area contributed by atoms with Crippen LogP contribution in [0, 0.1) is 0 Å². The monoisotopic (exact) mass is 349 g/mol. The number of rotatable bonds is 5. The van der Waals surface area contributed by atoms with Gasteiger partial charge in [-0.25, -0.2) is 0 Å². The largest absolute Gasteiger partial charge is 0.496 e. The van der Waals surface area contributed by atoms with Crippen molar-refractivity contribution in [1.29, 1.82) is 0 Å². The molecule has 3 rings (SSSR count). The van der Waals surface area contributed by atoms with E-state index in [0.717, 1.165) is 18.4 Å². The fourth-order valence-electron chi connectivity index (χ4n) is 3.39. The van der Waals surface area contributed by atoms with E-state index in [4.69, 9.17) is 20.8 Å². The minimum Gasteiger partial charge on any atom is -0.496 e. The summed E-state index contributed by atoms with van der Waals surface area (Å²) in [4.78, 5) is 13.7. The van der Waals surface area contributed by atoms with Crippen LogP contribution in [0.4, 0.5) is 0 Å². The molecule has 0 amide bonds. The molecule has 2 atom stereocenters. The van der Waals surface area contributed by atoms with Crippen LogP contribution in [0.3, 0.4) is 0 Å². The molecule has 1 saturated heterocycles. The Labute approximate surface area is 145 Å². The van der Waals surface area contributed by atoms with Gasteiger partial charge >= 0.3 is 5.97 Å². The Morgan fingerprint density at radius 1 is 1.42 bits per heavy atom. The molecule has 128 valence electrons. The number of carboxylic acids is 1. The highest BCUT2D eigenvalue weighted by molar-refractivity contribution is 6.30. The summed E-state index contributed by atoms with van der Waals surface area (Å²) in [6.45, 7) is 0.679. The van der Waals surface area contributed by atoms with Gasteiger partial charge in [-0.15, -0.1) is 0 Å². The molecule has 0 bridgehead atoms. The van der Waals surface area contributed by atoms with Gasteiger partial charge in [-0.1, -0.05) is 18.0 Å². The van der Waals surface area contributed by atoms with Gasteiger partial charge in [0, 0.05) is 17.1 Å². The first-order chi connectivity index (χ1) is 11.6. The number of carbonyl (C=O) groups is 1. The summed E-state index contributed by atoms with van der Waals surface area (Å²) in [5.74, 6) is 0.534. The first-order valence-electron chi connectivity index (χ1n) is 7.97. The molecule has 1 N–H and O–H groups in total. The lowest BCUT2D eigenvalue weighted by Crippen LogP contribution is -2.46. The fraction of sp³-hybridized carbons (Fsp3) is 0.389. The van der Waals surface area contributed by atoms with Crippen molar-refractivity contribution in [2.24, 2.45) is 0 Å². The maximum absolute atomic E-state index is 11.8. The summed E-state index contributed by atoms with van der Waals surface area (Å²) < 4.78 is 11.1.